The zero-order valence-electron chi connectivity index (χ0n) is 20.0. The van der Waals surface area contributed by atoms with Gasteiger partial charge in [0.15, 0.2) is 18.9 Å². The van der Waals surface area contributed by atoms with Crippen molar-refractivity contribution in [3.8, 4) is 0 Å². The third-order valence-electron chi connectivity index (χ3n) is 6.65. The number of amides is 1. The van der Waals surface area contributed by atoms with E-state index in [0.29, 0.717) is 0 Å². The summed E-state index contributed by atoms with van der Waals surface area (Å²) in [5.74, 6) is -0.585. The Bertz CT molecular complexity index is 749. The average molecular weight is 544 g/mol. The maximum absolute atomic E-state index is 11.5. The molecule has 3 fully saturated rings. The topological polar surface area (TPSA) is 289 Å². The van der Waals surface area contributed by atoms with Crippen molar-refractivity contribution in [1.29, 1.82) is 0 Å². The van der Waals surface area contributed by atoms with E-state index >= 15 is 0 Å². The van der Waals surface area contributed by atoms with E-state index in [0.717, 1.165) is 6.92 Å². The molecule has 37 heavy (non-hydrogen) atoms. The number of hydrogen-bond donors (Lipinski definition) is 11. The van der Waals surface area contributed by atoms with E-state index in [1.54, 1.807) is 0 Å². The molecule has 13 N–H and O–H groups in total. The molecule has 0 spiro atoms. The number of nitrogens with two attached hydrogens (primary N) is 2. The van der Waals surface area contributed by atoms with Gasteiger partial charge in [-0.3, -0.25) is 4.79 Å². The monoisotopic (exact) mass is 543 g/mol. The van der Waals surface area contributed by atoms with Crippen LogP contribution in [0.4, 0.5) is 0 Å². The van der Waals surface area contributed by atoms with Crippen molar-refractivity contribution in [3.05, 3.63) is 0 Å². The second kappa shape index (κ2) is 12.8. The zero-order valence-corrected chi connectivity index (χ0v) is 20.0. The number of aliphatic hydroxyl groups is 8. The van der Waals surface area contributed by atoms with E-state index in [-0.39, 0.29) is 0 Å². The Balaban J connectivity index is 1.74. The Morgan fingerprint density at radius 2 is 1.19 bits per heavy atom. The molecule has 3 saturated heterocycles. The van der Waals surface area contributed by atoms with Crippen LogP contribution in [-0.4, -0.2) is 159 Å². The highest BCUT2D eigenvalue weighted by molar-refractivity contribution is 5.73. The molecule has 17 nitrogen and oxygen atoms in total. The van der Waals surface area contributed by atoms with Crippen molar-refractivity contribution in [2.45, 2.75) is 98.9 Å². The summed E-state index contributed by atoms with van der Waals surface area (Å²) >= 11 is 0. The molecule has 216 valence electrons. The highest BCUT2D eigenvalue weighted by Gasteiger charge is 2.52. The standard InChI is InChI=1S/C20H37N3O14/c1-5(27)23-11-15(31)17(7(3-25)33-18(11)32)37-20-10(22)14(30)16(8(4-26)35-20)36-19-9(21)13(29)12(28)6(2-24)34-19/h6-20,24-26,28-32H,2-4,21-22H2,1H3,(H,23,27). The minimum Gasteiger partial charge on any atom is -0.394 e. The minimum atomic E-state index is -1.67. The number of carbonyl (C=O) groups excluding carboxylic acids is 1. The first-order valence-corrected chi connectivity index (χ1v) is 11.7. The van der Waals surface area contributed by atoms with Crippen LogP contribution in [0.1, 0.15) is 6.92 Å². The third-order valence-corrected chi connectivity index (χ3v) is 6.65. The molecule has 15 unspecified atom stereocenters. The smallest absolute Gasteiger partial charge is 0.217 e. The highest BCUT2D eigenvalue weighted by atomic mass is 16.7. The first kappa shape index (κ1) is 30.4. The number of aliphatic hydroxyl groups excluding tert-OH is 8. The lowest BCUT2D eigenvalue weighted by Crippen LogP contribution is -2.69. The predicted molar refractivity (Wildman–Crippen MR) is 117 cm³/mol. The van der Waals surface area contributed by atoms with Gasteiger partial charge in [-0.2, -0.15) is 0 Å². The van der Waals surface area contributed by atoms with Crippen LogP contribution in [0, 0.1) is 0 Å². The first-order valence-electron chi connectivity index (χ1n) is 11.7. The summed E-state index contributed by atoms with van der Waals surface area (Å²) in [6.07, 6.45) is -17.5. The van der Waals surface area contributed by atoms with Gasteiger partial charge in [-0.05, 0) is 0 Å². The van der Waals surface area contributed by atoms with Crippen molar-refractivity contribution in [2.75, 3.05) is 19.8 Å². The van der Waals surface area contributed by atoms with Crippen LogP contribution in [-0.2, 0) is 28.5 Å². The molecule has 0 aromatic carbocycles. The summed E-state index contributed by atoms with van der Waals surface area (Å²) in [4.78, 5) is 11.5. The Kier molecular flexibility index (Phi) is 10.5. The number of rotatable bonds is 8. The van der Waals surface area contributed by atoms with Crippen LogP contribution in [0.15, 0.2) is 0 Å². The first-order chi connectivity index (χ1) is 17.4. The molecule has 0 saturated carbocycles. The Labute approximate surface area is 211 Å². The van der Waals surface area contributed by atoms with Crippen molar-refractivity contribution in [2.24, 2.45) is 11.5 Å². The lowest BCUT2D eigenvalue weighted by Gasteiger charge is -2.48. The van der Waals surface area contributed by atoms with Gasteiger partial charge in [-0.15, -0.1) is 0 Å². The van der Waals surface area contributed by atoms with E-state index in [4.69, 9.17) is 35.2 Å². The maximum atomic E-state index is 11.5. The summed E-state index contributed by atoms with van der Waals surface area (Å²) in [6, 6.07) is -4.01. The van der Waals surface area contributed by atoms with Gasteiger partial charge in [0.05, 0.1) is 31.9 Å². The zero-order chi connectivity index (χ0) is 27.6. The molecular formula is C20H37N3O14. The van der Waals surface area contributed by atoms with Crippen molar-refractivity contribution in [1.82, 2.24) is 5.32 Å². The van der Waals surface area contributed by atoms with Crippen molar-refractivity contribution >= 4 is 5.91 Å². The van der Waals surface area contributed by atoms with Gasteiger partial charge in [0, 0.05) is 6.92 Å². The normalized spacial score (nSPS) is 49.0. The summed E-state index contributed by atoms with van der Waals surface area (Å²) in [5.41, 5.74) is 12.0. The second-order valence-electron chi connectivity index (χ2n) is 9.24. The van der Waals surface area contributed by atoms with Gasteiger partial charge in [-0.25, -0.2) is 0 Å². The molecule has 3 aliphatic heterocycles. The van der Waals surface area contributed by atoms with Gasteiger partial charge in [0.25, 0.3) is 0 Å². The number of ether oxygens (including phenoxy) is 5. The lowest BCUT2D eigenvalue weighted by atomic mass is 9.94. The van der Waals surface area contributed by atoms with Crippen molar-refractivity contribution in [3.63, 3.8) is 0 Å². The van der Waals surface area contributed by atoms with E-state index in [1.165, 1.54) is 0 Å². The summed E-state index contributed by atoms with van der Waals surface area (Å²) in [7, 11) is 0. The fraction of sp³-hybridized carbons (Fsp3) is 0.950. The molecule has 0 radical (unpaired) electrons. The SMILES string of the molecule is CC(=O)NC1C(O)OC(CO)C(OC2OC(CO)C(OC3OC(CO)C(O)C(O)C3N)C(O)C2N)C1O. The Hall–Kier alpha value is -1.13. The molecule has 15 atom stereocenters. The molecule has 3 aliphatic rings. The van der Waals surface area contributed by atoms with Crippen LogP contribution in [0.5, 0.6) is 0 Å². The number of nitrogens with one attached hydrogen (secondary N) is 1. The largest absolute Gasteiger partial charge is 0.394 e. The van der Waals surface area contributed by atoms with E-state index in [1.807, 2.05) is 0 Å². The van der Waals surface area contributed by atoms with Crippen molar-refractivity contribution < 1.29 is 69.3 Å². The molecule has 0 aliphatic carbocycles. The van der Waals surface area contributed by atoms with E-state index in [9.17, 15) is 45.6 Å². The fourth-order valence-electron chi connectivity index (χ4n) is 4.55. The minimum absolute atomic E-state index is 0.585. The van der Waals surface area contributed by atoms with Gasteiger partial charge in [-0.1, -0.05) is 0 Å². The molecule has 0 aromatic rings. The highest BCUT2D eigenvalue weighted by Crippen LogP contribution is 2.31. The third kappa shape index (κ3) is 6.38. The molecule has 0 aromatic heterocycles. The van der Waals surface area contributed by atoms with Crippen LogP contribution in [0.2, 0.25) is 0 Å². The van der Waals surface area contributed by atoms with Gasteiger partial charge in [0.2, 0.25) is 5.91 Å². The molecule has 17 heteroatoms. The van der Waals surface area contributed by atoms with Crippen LogP contribution < -0.4 is 16.8 Å². The Morgan fingerprint density at radius 3 is 1.70 bits per heavy atom. The molecular weight excluding hydrogens is 506 g/mol. The summed E-state index contributed by atoms with van der Waals surface area (Å²) < 4.78 is 27.7. The van der Waals surface area contributed by atoms with Crippen LogP contribution >= 0.6 is 0 Å². The average Bonchev–Trinajstić information content (AvgIpc) is 2.87. The quantitative estimate of drug-likeness (QED) is 0.135. The van der Waals surface area contributed by atoms with Gasteiger partial charge in [0.1, 0.15) is 61.0 Å². The maximum Gasteiger partial charge on any atom is 0.217 e. The van der Waals surface area contributed by atoms with Gasteiger partial charge >= 0.3 is 0 Å². The fourth-order valence-corrected chi connectivity index (χ4v) is 4.55. The van der Waals surface area contributed by atoms with E-state index < -0.39 is 118 Å². The second-order valence-corrected chi connectivity index (χ2v) is 9.24. The summed E-state index contributed by atoms with van der Waals surface area (Å²) in [6.45, 7) is -0.951. The molecule has 3 heterocycles. The van der Waals surface area contributed by atoms with E-state index in [2.05, 4.69) is 5.32 Å². The number of carbonyl (C=O) groups is 1. The molecule has 1 amide bonds. The molecule has 3 rings (SSSR count). The van der Waals surface area contributed by atoms with Crippen LogP contribution in [0.25, 0.3) is 0 Å². The van der Waals surface area contributed by atoms with Gasteiger partial charge < -0.3 is 81.3 Å². The summed E-state index contributed by atoms with van der Waals surface area (Å²) in [5, 5.41) is 83.1. The van der Waals surface area contributed by atoms with Crippen LogP contribution in [0.3, 0.4) is 0 Å². The lowest BCUT2D eigenvalue weighted by molar-refractivity contribution is -0.348. The molecule has 0 bridgehead atoms. The number of hydrogen-bond acceptors (Lipinski definition) is 16. The predicted octanol–water partition coefficient (Wildman–Crippen LogP) is -7.50. The Morgan fingerprint density at radius 1 is 0.730 bits per heavy atom.